The smallest absolute Gasteiger partial charge is 0.262 e. The predicted molar refractivity (Wildman–Crippen MR) is 62.0 cm³/mol. The van der Waals surface area contributed by atoms with Crippen LogP contribution in [0.25, 0.3) is 0 Å². The number of amides is 1. The van der Waals surface area contributed by atoms with E-state index in [0.29, 0.717) is 17.3 Å². The summed E-state index contributed by atoms with van der Waals surface area (Å²) in [5, 5.41) is 6.72. The summed E-state index contributed by atoms with van der Waals surface area (Å²) in [6.07, 6.45) is 3.31. The Hall–Kier alpha value is -2.37. The van der Waals surface area contributed by atoms with Gasteiger partial charge in [0.25, 0.3) is 5.91 Å². The molecule has 17 heavy (non-hydrogen) atoms. The predicted octanol–water partition coefficient (Wildman–Crippen LogP) is 1.08. The van der Waals surface area contributed by atoms with Gasteiger partial charge in [0.2, 0.25) is 5.88 Å². The van der Waals surface area contributed by atoms with Crippen molar-refractivity contribution >= 4 is 11.7 Å². The molecule has 0 aliphatic carbocycles. The number of methoxy groups -OCH3 is 1. The highest BCUT2D eigenvalue weighted by Gasteiger charge is 2.13. The summed E-state index contributed by atoms with van der Waals surface area (Å²) in [6, 6.07) is 5.03. The average molecular weight is 232 g/mol. The van der Waals surface area contributed by atoms with Crippen molar-refractivity contribution in [2.45, 2.75) is 0 Å². The van der Waals surface area contributed by atoms with Crippen LogP contribution in [0, 0.1) is 0 Å². The standard InChI is InChI=1S/C11H12N4O2/c1-15-7-5-9(14-15)13-10(16)8-4-3-6-12-11(8)17-2/h3-7H,1-2H3,(H,13,14,16). The molecule has 0 fully saturated rings. The number of carbonyl (C=O) groups excluding carboxylic acids is 1. The van der Waals surface area contributed by atoms with E-state index in [2.05, 4.69) is 15.4 Å². The lowest BCUT2D eigenvalue weighted by atomic mass is 10.2. The quantitative estimate of drug-likeness (QED) is 0.859. The van der Waals surface area contributed by atoms with Crippen LogP contribution in [0.15, 0.2) is 30.6 Å². The summed E-state index contributed by atoms with van der Waals surface area (Å²) < 4.78 is 6.62. The molecule has 0 atom stereocenters. The number of hydrogen-bond donors (Lipinski definition) is 1. The van der Waals surface area contributed by atoms with Gasteiger partial charge in [-0.15, -0.1) is 0 Å². The fourth-order valence-electron chi connectivity index (χ4n) is 1.39. The van der Waals surface area contributed by atoms with Gasteiger partial charge in [-0.25, -0.2) is 4.98 Å². The molecule has 0 aliphatic heterocycles. The highest BCUT2D eigenvalue weighted by Crippen LogP contribution is 2.15. The Morgan fingerprint density at radius 1 is 1.47 bits per heavy atom. The Morgan fingerprint density at radius 3 is 2.94 bits per heavy atom. The van der Waals surface area contributed by atoms with Crippen LogP contribution >= 0.6 is 0 Å². The van der Waals surface area contributed by atoms with E-state index in [1.165, 1.54) is 7.11 Å². The van der Waals surface area contributed by atoms with Gasteiger partial charge in [0.1, 0.15) is 5.56 Å². The van der Waals surface area contributed by atoms with Crippen molar-refractivity contribution < 1.29 is 9.53 Å². The lowest BCUT2D eigenvalue weighted by Gasteiger charge is -2.05. The van der Waals surface area contributed by atoms with Gasteiger partial charge in [0.05, 0.1) is 7.11 Å². The highest BCUT2D eigenvalue weighted by atomic mass is 16.5. The summed E-state index contributed by atoms with van der Waals surface area (Å²) in [4.78, 5) is 15.9. The minimum atomic E-state index is -0.298. The molecule has 2 aromatic heterocycles. The van der Waals surface area contributed by atoms with Crippen LogP contribution in [0.2, 0.25) is 0 Å². The number of anilines is 1. The van der Waals surface area contributed by atoms with E-state index < -0.39 is 0 Å². The summed E-state index contributed by atoms with van der Waals surface area (Å²) in [6.45, 7) is 0. The zero-order chi connectivity index (χ0) is 12.3. The van der Waals surface area contributed by atoms with Crippen molar-refractivity contribution in [1.82, 2.24) is 14.8 Å². The van der Waals surface area contributed by atoms with E-state index in [4.69, 9.17) is 4.74 Å². The Morgan fingerprint density at radius 2 is 2.29 bits per heavy atom. The van der Waals surface area contributed by atoms with Gasteiger partial charge in [-0.1, -0.05) is 0 Å². The molecule has 0 unspecified atom stereocenters. The van der Waals surface area contributed by atoms with Gasteiger partial charge in [0, 0.05) is 25.5 Å². The molecule has 88 valence electrons. The largest absolute Gasteiger partial charge is 0.480 e. The first-order chi connectivity index (χ1) is 8.20. The topological polar surface area (TPSA) is 69.0 Å². The van der Waals surface area contributed by atoms with Crippen LogP contribution in [0.5, 0.6) is 5.88 Å². The second kappa shape index (κ2) is 4.65. The van der Waals surface area contributed by atoms with E-state index in [9.17, 15) is 4.79 Å². The van der Waals surface area contributed by atoms with Crippen molar-refractivity contribution in [3.63, 3.8) is 0 Å². The number of nitrogens with one attached hydrogen (secondary N) is 1. The number of aryl methyl sites for hydroxylation is 1. The summed E-state index contributed by atoms with van der Waals surface area (Å²) >= 11 is 0. The first-order valence-corrected chi connectivity index (χ1v) is 5.00. The van der Waals surface area contributed by atoms with Crippen molar-refractivity contribution in [1.29, 1.82) is 0 Å². The molecule has 0 bridgehead atoms. The molecule has 2 heterocycles. The van der Waals surface area contributed by atoms with Crippen molar-refractivity contribution in [3.05, 3.63) is 36.2 Å². The minimum absolute atomic E-state index is 0.293. The molecule has 1 N–H and O–H groups in total. The number of carbonyl (C=O) groups is 1. The molecule has 0 aliphatic rings. The average Bonchev–Trinajstić information content (AvgIpc) is 2.74. The van der Waals surface area contributed by atoms with Crippen LogP contribution < -0.4 is 10.1 Å². The number of aromatic nitrogens is 3. The number of ether oxygens (including phenoxy) is 1. The van der Waals surface area contributed by atoms with E-state index in [-0.39, 0.29) is 5.91 Å². The van der Waals surface area contributed by atoms with Crippen LogP contribution in [0.4, 0.5) is 5.82 Å². The van der Waals surface area contributed by atoms with Crippen molar-refractivity contribution in [2.24, 2.45) is 7.05 Å². The van der Waals surface area contributed by atoms with Gasteiger partial charge in [-0.3, -0.25) is 9.48 Å². The molecule has 0 aromatic carbocycles. The number of nitrogens with zero attached hydrogens (tertiary/aromatic N) is 3. The zero-order valence-corrected chi connectivity index (χ0v) is 9.54. The fraction of sp³-hybridized carbons (Fsp3) is 0.182. The highest BCUT2D eigenvalue weighted by molar-refractivity contribution is 6.05. The second-order valence-corrected chi connectivity index (χ2v) is 3.39. The van der Waals surface area contributed by atoms with Gasteiger partial charge in [-0.05, 0) is 12.1 Å². The minimum Gasteiger partial charge on any atom is -0.480 e. The lowest BCUT2D eigenvalue weighted by Crippen LogP contribution is -2.14. The molecule has 6 heteroatoms. The molecule has 0 spiro atoms. The molecule has 1 amide bonds. The monoisotopic (exact) mass is 232 g/mol. The maximum absolute atomic E-state index is 11.9. The van der Waals surface area contributed by atoms with Crippen LogP contribution in [0.3, 0.4) is 0 Å². The summed E-state index contributed by atoms with van der Waals surface area (Å²) in [5.41, 5.74) is 0.376. The van der Waals surface area contributed by atoms with Gasteiger partial charge < -0.3 is 10.1 Å². The van der Waals surface area contributed by atoms with Crippen LogP contribution in [0.1, 0.15) is 10.4 Å². The maximum Gasteiger partial charge on any atom is 0.262 e. The molecule has 0 saturated heterocycles. The number of hydrogen-bond acceptors (Lipinski definition) is 4. The number of rotatable bonds is 3. The van der Waals surface area contributed by atoms with Crippen molar-refractivity contribution in [3.8, 4) is 5.88 Å². The van der Waals surface area contributed by atoms with E-state index in [1.807, 2.05) is 0 Å². The van der Waals surface area contributed by atoms with E-state index in [1.54, 1.807) is 42.3 Å². The third kappa shape index (κ3) is 2.41. The first-order valence-electron chi connectivity index (χ1n) is 5.00. The van der Waals surface area contributed by atoms with Gasteiger partial charge in [0.15, 0.2) is 5.82 Å². The third-order valence-corrected chi connectivity index (χ3v) is 2.16. The van der Waals surface area contributed by atoms with Crippen molar-refractivity contribution in [2.75, 3.05) is 12.4 Å². The Bertz CT molecular complexity index is 536. The summed E-state index contributed by atoms with van der Waals surface area (Å²) in [5.74, 6) is 0.484. The van der Waals surface area contributed by atoms with E-state index >= 15 is 0 Å². The molecular weight excluding hydrogens is 220 g/mol. The number of pyridine rings is 1. The first kappa shape index (κ1) is 11.1. The lowest BCUT2D eigenvalue weighted by molar-refractivity contribution is 0.102. The maximum atomic E-state index is 11.9. The summed E-state index contributed by atoms with van der Waals surface area (Å²) in [7, 11) is 3.25. The zero-order valence-electron chi connectivity index (χ0n) is 9.54. The fourth-order valence-corrected chi connectivity index (χ4v) is 1.39. The third-order valence-electron chi connectivity index (χ3n) is 2.16. The van der Waals surface area contributed by atoms with Gasteiger partial charge >= 0.3 is 0 Å². The normalized spacial score (nSPS) is 10.0. The molecule has 0 radical (unpaired) electrons. The molecular formula is C11H12N4O2. The van der Waals surface area contributed by atoms with Crippen LogP contribution in [-0.4, -0.2) is 27.8 Å². The van der Waals surface area contributed by atoms with E-state index in [0.717, 1.165) is 0 Å². The molecule has 2 rings (SSSR count). The second-order valence-electron chi connectivity index (χ2n) is 3.39. The Kier molecular flexibility index (Phi) is 3.04. The SMILES string of the molecule is COc1ncccc1C(=O)Nc1ccn(C)n1. The Labute approximate surface area is 98.2 Å². The Balaban J connectivity index is 2.20. The van der Waals surface area contributed by atoms with Gasteiger partial charge in [-0.2, -0.15) is 5.10 Å². The molecule has 6 nitrogen and oxygen atoms in total. The molecule has 0 saturated carbocycles. The molecule has 2 aromatic rings. The van der Waals surface area contributed by atoms with Crippen LogP contribution in [-0.2, 0) is 7.05 Å².